The number of rotatable bonds is 4. The van der Waals surface area contributed by atoms with Crippen molar-refractivity contribution in [2.75, 3.05) is 18.4 Å². The normalized spacial score (nSPS) is 16.6. The van der Waals surface area contributed by atoms with E-state index in [1.165, 1.54) is 0 Å². The average Bonchev–Trinajstić information content (AvgIpc) is 3.29. The van der Waals surface area contributed by atoms with Crippen LogP contribution in [0.4, 0.5) is 5.69 Å². The van der Waals surface area contributed by atoms with Crippen molar-refractivity contribution in [1.29, 1.82) is 0 Å². The molecule has 1 atom stereocenters. The number of para-hydroxylation sites is 1. The zero-order valence-electron chi connectivity index (χ0n) is 15.4. The van der Waals surface area contributed by atoms with Gasteiger partial charge in [-0.15, -0.1) is 0 Å². The van der Waals surface area contributed by atoms with Gasteiger partial charge in [-0.25, -0.2) is 9.97 Å². The van der Waals surface area contributed by atoms with E-state index in [0.29, 0.717) is 24.5 Å². The lowest BCUT2D eigenvalue weighted by atomic mass is 9.96. The van der Waals surface area contributed by atoms with Gasteiger partial charge in [-0.2, -0.15) is 0 Å². The molecule has 1 aliphatic rings. The molecule has 28 heavy (non-hydrogen) atoms. The van der Waals surface area contributed by atoms with E-state index in [-0.39, 0.29) is 17.7 Å². The summed E-state index contributed by atoms with van der Waals surface area (Å²) in [7, 11) is 0. The van der Waals surface area contributed by atoms with Crippen LogP contribution in [0.3, 0.4) is 0 Å². The Bertz CT molecular complexity index is 939. The number of carbonyl (C=O) groups is 2. The van der Waals surface area contributed by atoms with Crippen LogP contribution < -0.4 is 5.32 Å². The van der Waals surface area contributed by atoms with E-state index in [9.17, 15) is 9.59 Å². The van der Waals surface area contributed by atoms with Gasteiger partial charge in [0.1, 0.15) is 12.1 Å². The van der Waals surface area contributed by atoms with Gasteiger partial charge in [-0.1, -0.05) is 18.2 Å². The van der Waals surface area contributed by atoms with Crippen molar-refractivity contribution in [2.24, 2.45) is 5.92 Å². The molecule has 4 rings (SSSR count). The molecule has 1 fully saturated rings. The largest absolute Gasteiger partial charge is 0.338 e. The maximum Gasteiger partial charge on any atom is 0.255 e. The number of piperidine rings is 1. The Balaban J connectivity index is 1.41. The van der Waals surface area contributed by atoms with E-state index in [0.717, 1.165) is 18.5 Å². The molecule has 0 saturated carbocycles. The molecule has 7 heteroatoms. The van der Waals surface area contributed by atoms with Crippen LogP contribution >= 0.6 is 0 Å². The Hall–Kier alpha value is -3.48. The number of hydrogen-bond acceptors (Lipinski definition) is 4. The van der Waals surface area contributed by atoms with Gasteiger partial charge in [0.05, 0.1) is 11.5 Å². The summed E-state index contributed by atoms with van der Waals surface area (Å²) in [5, 5.41) is 2.94. The van der Waals surface area contributed by atoms with Gasteiger partial charge in [0, 0.05) is 37.4 Å². The zero-order chi connectivity index (χ0) is 19.3. The number of aromatic nitrogens is 3. The Morgan fingerprint density at radius 3 is 2.68 bits per heavy atom. The number of pyridine rings is 1. The van der Waals surface area contributed by atoms with Crippen LogP contribution in [0.25, 0.3) is 5.82 Å². The van der Waals surface area contributed by atoms with E-state index >= 15 is 0 Å². The third kappa shape index (κ3) is 3.93. The summed E-state index contributed by atoms with van der Waals surface area (Å²) >= 11 is 0. The summed E-state index contributed by atoms with van der Waals surface area (Å²) in [6, 6.07) is 12.9. The van der Waals surface area contributed by atoms with Gasteiger partial charge in [-0.3, -0.25) is 14.2 Å². The highest BCUT2D eigenvalue weighted by Crippen LogP contribution is 2.20. The second-order valence-corrected chi connectivity index (χ2v) is 6.82. The number of imidazole rings is 1. The third-order valence-corrected chi connectivity index (χ3v) is 4.88. The summed E-state index contributed by atoms with van der Waals surface area (Å²) in [5.74, 6) is 0.350. The zero-order valence-corrected chi connectivity index (χ0v) is 15.4. The van der Waals surface area contributed by atoms with E-state index < -0.39 is 0 Å². The molecule has 2 amide bonds. The van der Waals surface area contributed by atoms with Gasteiger partial charge >= 0.3 is 0 Å². The monoisotopic (exact) mass is 375 g/mol. The molecule has 0 bridgehead atoms. The first-order valence-electron chi connectivity index (χ1n) is 9.30. The van der Waals surface area contributed by atoms with E-state index in [1.54, 1.807) is 46.5 Å². The quantitative estimate of drug-likeness (QED) is 0.760. The van der Waals surface area contributed by atoms with Crippen LogP contribution in [0.15, 0.2) is 67.4 Å². The number of likely N-dealkylation sites (tertiary alicyclic amines) is 1. The molecule has 1 saturated heterocycles. The number of anilines is 1. The van der Waals surface area contributed by atoms with Crippen LogP contribution in [0.1, 0.15) is 23.2 Å². The number of hydrogen-bond donors (Lipinski definition) is 1. The minimum Gasteiger partial charge on any atom is -0.338 e. The molecule has 1 aliphatic heterocycles. The molecule has 1 N–H and O–H groups in total. The van der Waals surface area contributed by atoms with Gasteiger partial charge in [0.25, 0.3) is 5.91 Å². The Morgan fingerprint density at radius 2 is 1.96 bits per heavy atom. The van der Waals surface area contributed by atoms with E-state index in [2.05, 4.69) is 15.3 Å². The lowest BCUT2D eigenvalue weighted by molar-refractivity contribution is -0.121. The fourth-order valence-corrected chi connectivity index (χ4v) is 3.38. The molecule has 0 aliphatic carbocycles. The summed E-state index contributed by atoms with van der Waals surface area (Å²) in [5.41, 5.74) is 1.29. The van der Waals surface area contributed by atoms with Crippen molar-refractivity contribution in [1.82, 2.24) is 19.4 Å². The highest BCUT2D eigenvalue weighted by Gasteiger charge is 2.29. The average molecular weight is 375 g/mol. The van der Waals surface area contributed by atoms with Crippen molar-refractivity contribution in [3.63, 3.8) is 0 Å². The molecule has 0 radical (unpaired) electrons. The maximum atomic E-state index is 12.9. The molecule has 1 aromatic carbocycles. The Morgan fingerprint density at radius 1 is 1.11 bits per heavy atom. The molecule has 7 nitrogen and oxygen atoms in total. The van der Waals surface area contributed by atoms with Crippen molar-refractivity contribution in [3.05, 3.63) is 72.9 Å². The summed E-state index contributed by atoms with van der Waals surface area (Å²) < 4.78 is 1.78. The Labute approximate surface area is 163 Å². The number of carbonyl (C=O) groups excluding carboxylic acids is 2. The minimum atomic E-state index is -0.212. The number of benzene rings is 1. The molecule has 1 unspecified atom stereocenters. The van der Waals surface area contributed by atoms with Crippen molar-refractivity contribution in [3.8, 4) is 5.82 Å². The SMILES string of the molecule is O=C(Nc1ccccc1)C1CCCN(C(=O)c2ccc(-n3ccnc3)nc2)C1. The number of amides is 2. The van der Waals surface area contributed by atoms with E-state index in [4.69, 9.17) is 0 Å². The van der Waals surface area contributed by atoms with Crippen LogP contribution in [0.5, 0.6) is 0 Å². The molecule has 3 aromatic rings. The van der Waals surface area contributed by atoms with Crippen LogP contribution in [0.2, 0.25) is 0 Å². The first kappa shape index (κ1) is 17.9. The molecular weight excluding hydrogens is 354 g/mol. The van der Waals surface area contributed by atoms with Crippen molar-refractivity contribution < 1.29 is 9.59 Å². The first-order valence-corrected chi connectivity index (χ1v) is 9.30. The predicted molar refractivity (Wildman–Crippen MR) is 105 cm³/mol. The van der Waals surface area contributed by atoms with Gasteiger partial charge in [0.2, 0.25) is 5.91 Å². The van der Waals surface area contributed by atoms with Crippen molar-refractivity contribution >= 4 is 17.5 Å². The molecular formula is C21H21N5O2. The highest BCUT2D eigenvalue weighted by molar-refractivity contribution is 5.96. The number of nitrogens with one attached hydrogen (secondary N) is 1. The van der Waals surface area contributed by atoms with Crippen LogP contribution in [0, 0.1) is 5.92 Å². The first-order chi connectivity index (χ1) is 13.7. The van der Waals surface area contributed by atoms with Crippen molar-refractivity contribution in [2.45, 2.75) is 12.8 Å². The van der Waals surface area contributed by atoms with Crippen LogP contribution in [-0.2, 0) is 4.79 Å². The fourth-order valence-electron chi connectivity index (χ4n) is 3.38. The van der Waals surface area contributed by atoms with Crippen LogP contribution in [-0.4, -0.2) is 44.3 Å². The van der Waals surface area contributed by atoms with Gasteiger partial charge < -0.3 is 10.2 Å². The predicted octanol–water partition coefficient (Wildman–Crippen LogP) is 2.76. The summed E-state index contributed by atoms with van der Waals surface area (Å²) in [4.78, 5) is 35.5. The molecule has 142 valence electrons. The second kappa shape index (κ2) is 8.04. The van der Waals surface area contributed by atoms with Gasteiger partial charge in [-0.05, 0) is 37.1 Å². The third-order valence-electron chi connectivity index (χ3n) is 4.88. The molecule has 0 spiro atoms. The smallest absolute Gasteiger partial charge is 0.255 e. The summed E-state index contributed by atoms with van der Waals surface area (Å²) in [6.07, 6.45) is 8.29. The topological polar surface area (TPSA) is 80.1 Å². The highest BCUT2D eigenvalue weighted by atomic mass is 16.2. The second-order valence-electron chi connectivity index (χ2n) is 6.82. The van der Waals surface area contributed by atoms with Gasteiger partial charge in [0.15, 0.2) is 0 Å². The Kier molecular flexibility index (Phi) is 5.14. The fraction of sp³-hybridized carbons (Fsp3) is 0.238. The minimum absolute atomic E-state index is 0.0442. The molecule has 3 heterocycles. The lowest BCUT2D eigenvalue weighted by Gasteiger charge is -2.32. The molecule has 2 aromatic heterocycles. The van der Waals surface area contributed by atoms with E-state index in [1.807, 2.05) is 30.3 Å². The maximum absolute atomic E-state index is 12.9. The summed E-state index contributed by atoms with van der Waals surface area (Å²) in [6.45, 7) is 1.07. The number of nitrogens with zero attached hydrogens (tertiary/aromatic N) is 4. The standard InChI is InChI=1S/C21H21N5O2/c27-20(24-18-6-2-1-3-7-18)17-5-4-11-25(14-17)21(28)16-8-9-19(23-13-16)26-12-10-22-15-26/h1-3,6-10,12-13,15,17H,4-5,11,14H2,(H,24,27). The lowest BCUT2D eigenvalue weighted by Crippen LogP contribution is -2.43.